The molecule has 1 fully saturated rings. The zero-order valence-corrected chi connectivity index (χ0v) is 10.3. The van der Waals surface area contributed by atoms with E-state index >= 15 is 0 Å². The molecule has 6 nitrogen and oxygen atoms in total. The summed E-state index contributed by atoms with van der Waals surface area (Å²) in [7, 11) is 0. The van der Waals surface area contributed by atoms with Gasteiger partial charge in [-0.3, -0.25) is 4.79 Å². The zero-order valence-electron chi connectivity index (χ0n) is 10.3. The first-order valence-corrected chi connectivity index (χ1v) is 5.78. The van der Waals surface area contributed by atoms with Crippen molar-refractivity contribution in [3.63, 3.8) is 0 Å². The minimum atomic E-state index is -1.25. The van der Waals surface area contributed by atoms with Crippen LogP contribution in [0.2, 0.25) is 0 Å². The van der Waals surface area contributed by atoms with Gasteiger partial charge in [0.25, 0.3) is 0 Å². The second-order valence-electron chi connectivity index (χ2n) is 4.79. The molecule has 5 atom stereocenters. The fourth-order valence-electron chi connectivity index (χ4n) is 1.94. The summed E-state index contributed by atoms with van der Waals surface area (Å²) in [6, 6.07) is 0. The van der Waals surface area contributed by atoms with Crippen molar-refractivity contribution in [1.29, 1.82) is 0 Å². The Morgan fingerprint density at radius 2 is 1.82 bits per heavy atom. The maximum Gasteiger partial charge on any atom is 0.216 e. The number of nitrogens with one attached hydrogen (secondary N) is 1. The van der Waals surface area contributed by atoms with E-state index in [4.69, 9.17) is 4.74 Å². The lowest BCUT2D eigenvalue weighted by Crippen LogP contribution is -2.61. The van der Waals surface area contributed by atoms with Gasteiger partial charge in [0.15, 0.2) is 0 Å². The van der Waals surface area contributed by atoms with Gasteiger partial charge >= 0.3 is 0 Å². The topological polar surface area (TPSA) is 99.0 Å². The SMILES string of the molecule is CC(=O)NCC1O[C@@H](C(C)C)[C@H](O)C(O)[C@H]1O. The predicted octanol–water partition coefficient (Wildman–Crippen LogP) is -1.37. The molecule has 0 aromatic rings. The average Bonchev–Trinajstić information content (AvgIpc) is 2.24. The molecule has 0 bridgehead atoms. The van der Waals surface area contributed by atoms with E-state index in [1.54, 1.807) is 0 Å². The Hall–Kier alpha value is -0.690. The number of carbonyl (C=O) groups is 1. The molecule has 0 saturated carbocycles. The van der Waals surface area contributed by atoms with Gasteiger partial charge in [-0.25, -0.2) is 0 Å². The molecule has 1 aliphatic heterocycles. The summed E-state index contributed by atoms with van der Waals surface area (Å²) in [6.45, 7) is 5.19. The van der Waals surface area contributed by atoms with Crippen LogP contribution < -0.4 is 5.32 Å². The number of aliphatic hydroxyl groups is 3. The lowest BCUT2D eigenvalue weighted by Gasteiger charge is -2.42. The van der Waals surface area contributed by atoms with E-state index < -0.39 is 30.5 Å². The fourth-order valence-corrected chi connectivity index (χ4v) is 1.94. The molecule has 1 heterocycles. The van der Waals surface area contributed by atoms with Gasteiger partial charge in [-0.2, -0.15) is 0 Å². The molecule has 1 aliphatic rings. The molecule has 6 heteroatoms. The maximum atomic E-state index is 10.8. The Morgan fingerprint density at radius 1 is 1.24 bits per heavy atom. The van der Waals surface area contributed by atoms with Crippen LogP contribution >= 0.6 is 0 Å². The molecule has 1 saturated heterocycles. The lowest BCUT2D eigenvalue weighted by atomic mass is 9.89. The van der Waals surface area contributed by atoms with E-state index in [1.807, 2.05) is 13.8 Å². The number of carbonyl (C=O) groups excluding carboxylic acids is 1. The van der Waals surface area contributed by atoms with Crippen molar-refractivity contribution in [3.8, 4) is 0 Å². The van der Waals surface area contributed by atoms with E-state index in [1.165, 1.54) is 6.92 Å². The molecule has 0 aliphatic carbocycles. The van der Waals surface area contributed by atoms with Crippen molar-refractivity contribution in [1.82, 2.24) is 5.32 Å². The third-order valence-corrected chi connectivity index (χ3v) is 2.96. The number of ether oxygens (including phenoxy) is 1. The average molecular weight is 247 g/mol. The van der Waals surface area contributed by atoms with E-state index in [-0.39, 0.29) is 18.4 Å². The molecule has 0 aromatic heterocycles. The third kappa shape index (κ3) is 3.38. The summed E-state index contributed by atoms with van der Waals surface area (Å²) in [5.41, 5.74) is 0. The van der Waals surface area contributed by atoms with Crippen LogP contribution in [0.3, 0.4) is 0 Å². The standard InChI is InChI=1S/C11H21NO5/c1-5(2)11-10(16)9(15)8(14)7(17-11)4-12-6(3)13/h5,7-11,14-16H,4H2,1-3H3,(H,12,13)/t7?,8-,9?,10+,11-/m0/s1. The summed E-state index contributed by atoms with van der Waals surface area (Å²) in [4.78, 5) is 10.8. The van der Waals surface area contributed by atoms with Gasteiger partial charge in [0.1, 0.15) is 24.4 Å². The van der Waals surface area contributed by atoms with Gasteiger partial charge in [0, 0.05) is 13.5 Å². The van der Waals surface area contributed by atoms with Crippen molar-refractivity contribution in [2.75, 3.05) is 6.54 Å². The van der Waals surface area contributed by atoms with Crippen molar-refractivity contribution < 1.29 is 24.9 Å². The minimum Gasteiger partial charge on any atom is -0.388 e. The van der Waals surface area contributed by atoms with Crippen LogP contribution in [0, 0.1) is 5.92 Å². The summed E-state index contributed by atoms with van der Waals surface area (Å²) in [5, 5.41) is 31.7. The Labute approximate surface area is 101 Å². The second kappa shape index (κ2) is 5.77. The summed E-state index contributed by atoms with van der Waals surface area (Å²) < 4.78 is 5.52. The van der Waals surface area contributed by atoms with Crippen LogP contribution in [0.5, 0.6) is 0 Å². The maximum absolute atomic E-state index is 10.8. The van der Waals surface area contributed by atoms with Gasteiger partial charge in [-0.1, -0.05) is 13.8 Å². The molecule has 2 unspecified atom stereocenters. The Kier molecular flexibility index (Phi) is 4.88. The second-order valence-corrected chi connectivity index (χ2v) is 4.79. The molecule has 0 spiro atoms. The van der Waals surface area contributed by atoms with E-state index in [0.29, 0.717) is 0 Å². The molecule has 1 rings (SSSR count). The van der Waals surface area contributed by atoms with Crippen LogP contribution in [0.15, 0.2) is 0 Å². The molecular weight excluding hydrogens is 226 g/mol. The van der Waals surface area contributed by atoms with E-state index in [2.05, 4.69) is 5.32 Å². The van der Waals surface area contributed by atoms with Gasteiger partial charge in [-0.05, 0) is 5.92 Å². The largest absolute Gasteiger partial charge is 0.388 e. The predicted molar refractivity (Wildman–Crippen MR) is 60.2 cm³/mol. The lowest BCUT2D eigenvalue weighted by molar-refractivity contribution is -0.230. The number of amides is 1. The van der Waals surface area contributed by atoms with E-state index in [9.17, 15) is 20.1 Å². The fraction of sp³-hybridized carbons (Fsp3) is 0.909. The van der Waals surface area contributed by atoms with Crippen LogP contribution in [-0.4, -0.2) is 58.3 Å². The Balaban J connectivity index is 2.67. The highest BCUT2D eigenvalue weighted by Gasteiger charge is 2.44. The first kappa shape index (κ1) is 14.4. The van der Waals surface area contributed by atoms with Crippen molar-refractivity contribution in [2.45, 2.75) is 51.3 Å². The van der Waals surface area contributed by atoms with Gasteiger partial charge in [0.05, 0.1) is 6.10 Å². The summed E-state index contributed by atoms with van der Waals surface area (Å²) >= 11 is 0. The number of hydrogen-bond donors (Lipinski definition) is 4. The Morgan fingerprint density at radius 3 is 2.29 bits per heavy atom. The normalized spacial score (nSPS) is 38.2. The quantitative estimate of drug-likeness (QED) is 0.493. The first-order chi connectivity index (χ1) is 7.84. The minimum absolute atomic E-state index is 0.00646. The zero-order chi connectivity index (χ0) is 13.2. The molecule has 4 N–H and O–H groups in total. The summed E-state index contributed by atoms with van der Waals surface area (Å²) in [5.74, 6) is -0.227. The molecule has 0 aromatic carbocycles. The van der Waals surface area contributed by atoms with Crippen LogP contribution in [0.25, 0.3) is 0 Å². The van der Waals surface area contributed by atoms with Gasteiger partial charge in [0.2, 0.25) is 5.91 Å². The first-order valence-electron chi connectivity index (χ1n) is 5.78. The van der Waals surface area contributed by atoms with Crippen LogP contribution in [0.4, 0.5) is 0 Å². The monoisotopic (exact) mass is 247 g/mol. The molecule has 100 valence electrons. The van der Waals surface area contributed by atoms with Crippen molar-refractivity contribution in [3.05, 3.63) is 0 Å². The number of rotatable bonds is 3. The third-order valence-electron chi connectivity index (χ3n) is 2.96. The summed E-state index contributed by atoms with van der Waals surface area (Å²) in [6.07, 6.45) is -4.82. The highest BCUT2D eigenvalue weighted by molar-refractivity contribution is 5.72. The van der Waals surface area contributed by atoms with Crippen molar-refractivity contribution >= 4 is 5.91 Å². The molecule has 1 amide bonds. The van der Waals surface area contributed by atoms with Crippen LogP contribution in [-0.2, 0) is 9.53 Å². The van der Waals surface area contributed by atoms with E-state index in [0.717, 1.165) is 0 Å². The highest BCUT2D eigenvalue weighted by atomic mass is 16.5. The van der Waals surface area contributed by atoms with Gasteiger partial charge in [-0.15, -0.1) is 0 Å². The molecular formula is C11H21NO5. The van der Waals surface area contributed by atoms with Crippen LogP contribution in [0.1, 0.15) is 20.8 Å². The molecule has 17 heavy (non-hydrogen) atoms. The number of hydrogen-bond acceptors (Lipinski definition) is 5. The van der Waals surface area contributed by atoms with Crippen molar-refractivity contribution in [2.24, 2.45) is 5.92 Å². The number of aliphatic hydroxyl groups excluding tert-OH is 3. The Bertz CT molecular complexity index is 271. The highest BCUT2D eigenvalue weighted by Crippen LogP contribution is 2.25. The molecule has 0 radical (unpaired) electrons. The van der Waals surface area contributed by atoms with Gasteiger partial charge < -0.3 is 25.4 Å². The smallest absolute Gasteiger partial charge is 0.216 e.